The van der Waals surface area contributed by atoms with Crippen LogP contribution in [0.2, 0.25) is 0 Å². The van der Waals surface area contributed by atoms with E-state index in [0.717, 1.165) is 35.8 Å². The highest BCUT2D eigenvalue weighted by atomic mass is 32.1. The largest absolute Gasteiger partial charge is 0.496 e. The van der Waals surface area contributed by atoms with E-state index in [1.807, 2.05) is 12.1 Å². The zero-order valence-electron chi connectivity index (χ0n) is 12.6. The lowest BCUT2D eigenvalue weighted by Crippen LogP contribution is -2.17. The van der Waals surface area contributed by atoms with Crippen LogP contribution < -0.4 is 19.5 Å². The molecule has 1 heterocycles. The van der Waals surface area contributed by atoms with E-state index in [1.165, 1.54) is 4.88 Å². The highest BCUT2D eigenvalue weighted by molar-refractivity contribution is 7.09. The Kier molecular flexibility index (Phi) is 5.90. The molecule has 1 aromatic carbocycles. The fraction of sp³-hybridized carbons (Fsp3) is 0.375. The summed E-state index contributed by atoms with van der Waals surface area (Å²) in [6, 6.07) is 7.98. The lowest BCUT2D eigenvalue weighted by atomic mass is 10.1. The Balaban J connectivity index is 2.00. The van der Waals surface area contributed by atoms with Gasteiger partial charge < -0.3 is 19.5 Å². The Bertz CT molecular complexity index is 530. The van der Waals surface area contributed by atoms with Crippen molar-refractivity contribution >= 4 is 11.3 Å². The van der Waals surface area contributed by atoms with Crippen molar-refractivity contribution in [3.05, 3.63) is 40.1 Å². The van der Waals surface area contributed by atoms with Crippen LogP contribution in [0.5, 0.6) is 17.2 Å². The van der Waals surface area contributed by atoms with Crippen molar-refractivity contribution < 1.29 is 14.2 Å². The van der Waals surface area contributed by atoms with Gasteiger partial charge in [-0.1, -0.05) is 6.07 Å². The quantitative estimate of drug-likeness (QED) is 0.761. The number of hydrogen-bond donors (Lipinski definition) is 1. The fourth-order valence-electron chi connectivity index (χ4n) is 2.13. The highest BCUT2D eigenvalue weighted by Gasteiger charge is 2.12. The molecule has 1 aromatic heterocycles. The summed E-state index contributed by atoms with van der Waals surface area (Å²) in [5.41, 5.74) is 1.01. The van der Waals surface area contributed by atoms with E-state index in [1.54, 1.807) is 32.7 Å². The summed E-state index contributed by atoms with van der Waals surface area (Å²) in [4.78, 5) is 1.39. The SMILES string of the molecule is COc1cc(OC)c(CNCCc2cccs2)c(OC)c1. The van der Waals surface area contributed by atoms with Crippen LogP contribution in [0, 0.1) is 0 Å². The van der Waals surface area contributed by atoms with Gasteiger partial charge in [0.05, 0.1) is 26.9 Å². The van der Waals surface area contributed by atoms with Crippen molar-refractivity contribution in [1.82, 2.24) is 5.32 Å². The summed E-state index contributed by atoms with van der Waals surface area (Å²) in [5, 5.41) is 5.53. The van der Waals surface area contributed by atoms with Crippen LogP contribution in [0.15, 0.2) is 29.6 Å². The van der Waals surface area contributed by atoms with E-state index in [-0.39, 0.29) is 0 Å². The number of benzene rings is 1. The minimum atomic E-state index is 0.696. The van der Waals surface area contributed by atoms with Crippen molar-refractivity contribution in [2.75, 3.05) is 27.9 Å². The molecule has 5 heteroatoms. The Hall–Kier alpha value is -1.72. The van der Waals surface area contributed by atoms with Crippen molar-refractivity contribution in [1.29, 1.82) is 0 Å². The normalized spacial score (nSPS) is 10.4. The molecule has 0 radical (unpaired) electrons. The van der Waals surface area contributed by atoms with Crippen LogP contribution in [0.4, 0.5) is 0 Å². The van der Waals surface area contributed by atoms with Gasteiger partial charge in [-0.25, -0.2) is 0 Å². The van der Waals surface area contributed by atoms with Gasteiger partial charge in [0.15, 0.2) is 0 Å². The number of ether oxygens (including phenoxy) is 3. The monoisotopic (exact) mass is 307 g/mol. The van der Waals surface area contributed by atoms with E-state index in [2.05, 4.69) is 22.8 Å². The molecule has 0 atom stereocenters. The molecule has 0 saturated heterocycles. The van der Waals surface area contributed by atoms with Gasteiger partial charge in [-0.05, 0) is 17.9 Å². The number of thiophene rings is 1. The zero-order valence-corrected chi connectivity index (χ0v) is 13.5. The van der Waals surface area contributed by atoms with Gasteiger partial charge in [0, 0.05) is 30.1 Å². The van der Waals surface area contributed by atoms with Crippen LogP contribution in [-0.4, -0.2) is 27.9 Å². The predicted octanol–water partition coefficient (Wildman–Crippen LogP) is 3.11. The van der Waals surface area contributed by atoms with Gasteiger partial charge in [0.25, 0.3) is 0 Å². The van der Waals surface area contributed by atoms with Gasteiger partial charge in [0.2, 0.25) is 0 Å². The van der Waals surface area contributed by atoms with Gasteiger partial charge in [-0.15, -0.1) is 11.3 Å². The average molecular weight is 307 g/mol. The molecule has 0 bridgehead atoms. The van der Waals surface area contributed by atoms with E-state index in [4.69, 9.17) is 14.2 Å². The lowest BCUT2D eigenvalue weighted by Gasteiger charge is -2.15. The van der Waals surface area contributed by atoms with Crippen LogP contribution in [-0.2, 0) is 13.0 Å². The molecule has 0 spiro atoms. The number of rotatable bonds is 8. The molecule has 0 fully saturated rings. The molecule has 0 aliphatic rings. The van der Waals surface area contributed by atoms with E-state index in [9.17, 15) is 0 Å². The standard InChI is InChI=1S/C16H21NO3S/c1-18-12-9-15(19-2)14(16(10-12)20-3)11-17-7-6-13-5-4-8-21-13/h4-5,8-10,17H,6-7,11H2,1-3H3. The van der Waals surface area contributed by atoms with Gasteiger partial charge in [-0.2, -0.15) is 0 Å². The lowest BCUT2D eigenvalue weighted by molar-refractivity contribution is 0.366. The Labute approximate surface area is 129 Å². The van der Waals surface area contributed by atoms with Crippen molar-refractivity contribution in [3.8, 4) is 17.2 Å². The molecule has 21 heavy (non-hydrogen) atoms. The molecular weight excluding hydrogens is 286 g/mol. The van der Waals surface area contributed by atoms with E-state index < -0.39 is 0 Å². The molecule has 0 aliphatic heterocycles. The van der Waals surface area contributed by atoms with Crippen molar-refractivity contribution in [3.63, 3.8) is 0 Å². The third kappa shape index (κ3) is 4.12. The minimum absolute atomic E-state index is 0.696. The first-order chi connectivity index (χ1) is 10.3. The Morgan fingerprint density at radius 2 is 1.76 bits per heavy atom. The summed E-state index contributed by atoms with van der Waals surface area (Å²) >= 11 is 1.78. The van der Waals surface area contributed by atoms with Gasteiger partial charge in [0.1, 0.15) is 17.2 Å². The maximum atomic E-state index is 5.44. The second-order valence-corrected chi connectivity index (χ2v) is 5.55. The molecule has 4 nitrogen and oxygen atoms in total. The molecule has 1 N–H and O–H groups in total. The Morgan fingerprint density at radius 1 is 1.05 bits per heavy atom. The maximum absolute atomic E-state index is 5.44. The van der Waals surface area contributed by atoms with Crippen LogP contribution in [0.3, 0.4) is 0 Å². The average Bonchev–Trinajstić information content (AvgIpc) is 3.04. The number of nitrogens with one attached hydrogen (secondary N) is 1. The fourth-order valence-corrected chi connectivity index (χ4v) is 2.84. The Morgan fingerprint density at radius 3 is 2.29 bits per heavy atom. The first kappa shape index (κ1) is 15.7. The molecule has 114 valence electrons. The van der Waals surface area contributed by atoms with Crippen LogP contribution in [0.25, 0.3) is 0 Å². The minimum Gasteiger partial charge on any atom is -0.496 e. The molecule has 2 aromatic rings. The smallest absolute Gasteiger partial charge is 0.130 e. The first-order valence-electron chi connectivity index (χ1n) is 6.80. The second kappa shape index (κ2) is 7.90. The number of methoxy groups -OCH3 is 3. The molecule has 2 rings (SSSR count). The van der Waals surface area contributed by atoms with Gasteiger partial charge in [-0.3, -0.25) is 0 Å². The summed E-state index contributed by atoms with van der Waals surface area (Å²) < 4.78 is 16.1. The first-order valence-corrected chi connectivity index (χ1v) is 7.68. The van der Waals surface area contributed by atoms with Crippen LogP contribution >= 0.6 is 11.3 Å². The number of hydrogen-bond acceptors (Lipinski definition) is 5. The topological polar surface area (TPSA) is 39.7 Å². The van der Waals surface area contributed by atoms with Gasteiger partial charge >= 0.3 is 0 Å². The predicted molar refractivity (Wildman–Crippen MR) is 85.8 cm³/mol. The zero-order chi connectivity index (χ0) is 15.1. The second-order valence-electron chi connectivity index (χ2n) is 4.52. The molecular formula is C16H21NO3S. The third-order valence-corrected chi connectivity index (χ3v) is 4.18. The summed E-state index contributed by atoms with van der Waals surface area (Å²) in [6.45, 7) is 1.61. The van der Waals surface area contributed by atoms with E-state index >= 15 is 0 Å². The summed E-state index contributed by atoms with van der Waals surface area (Å²) in [6.07, 6.45) is 1.03. The molecule has 0 unspecified atom stereocenters. The molecule has 0 amide bonds. The molecule has 0 saturated carbocycles. The molecule has 0 aliphatic carbocycles. The van der Waals surface area contributed by atoms with Crippen molar-refractivity contribution in [2.45, 2.75) is 13.0 Å². The summed E-state index contributed by atoms with van der Waals surface area (Å²) in [7, 11) is 4.94. The van der Waals surface area contributed by atoms with Crippen LogP contribution in [0.1, 0.15) is 10.4 Å². The van der Waals surface area contributed by atoms with E-state index in [0.29, 0.717) is 6.54 Å². The summed E-state index contributed by atoms with van der Waals surface area (Å²) in [5.74, 6) is 2.27. The maximum Gasteiger partial charge on any atom is 0.130 e. The van der Waals surface area contributed by atoms with Crippen molar-refractivity contribution in [2.24, 2.45) is 0 Å². The highest BCUT2D eigenvalue weighted by Crippen LogP contribution is 2.33. The third-order valence-electron chi connectivity index (χ3n) is 3.25.